The molecule has 2 aromatic carbocycles. The Kier molecular flexibility index (Phi) is 4.98. The third kappa shape index (κ3) is 4.31. The van der Waals surface area contributed by atoms with Crippen LogP contribution in [0.15, 0.2) is 59.5 Å². The number of para-hydroxylation sites is 1. The first-order valence-electron chi connectivity index (χ1n) is 6.71. The van der Waals surface area contributed by atoms with Gasteiger partial charge in [0, 0.05) is 6.26 Å². The van der Waals surface area contributed by atoms with E-state index in [0.29, 0.717) is 12.1 Å². The van der Waals surface area contributed by atoms with E-state index in [-0.39, 0.29) is 17.5 Å². The molecule has 0 aliphatic heterocycles. The highest BCUT2D eigenvalue weighted by molar-refractivity contribution is 7.90. The molecule has 2 aromatic rings. The number of nitrogens with one attached hydrogen (secondary N) is 1. The van der Waals surface area contributed by atoms with Gasteiger partial charge in [0.05, 0.1) is 23.2 Å². The molecule has 0 bridgehead atoms. The van der Waals surface area contributed by atoms with E-state index in [1.165, 1.54) is 6.26 Å². The van der Waals surface area contributed by atoms with Crippen molar-refractivity contribution in [2.75, 3.05) is 18.2 Å². The average molecular weight is 305 g/mol. The molecule has 1 unspecified atom stereocenters. The predicted octanol–water partition coefficient (Wildman–Crippen LogP) is 2.11. The van der Waals surface area contributed by atoms with Crippen LogP contribution >= 0.6 is 0 Å². The highest BCUT2D eigenvalue weighted by Crippen LogP contribution is 2.22. The lowest BCUT2D eigenvalue weighted by Gasteiger charge is -2.19. The van der Waals surface area contributed by atoms with Gasteiger partial charge in [0.2, 0.25) is 0 Å². The lowest BCUT2D eigenvalue weighted by Crippen LogP contribution is -2.27. The molecule has 2 N–H and O–H groups in total. The number of hydrogen-bond acceptors (Lipinski definition) is 4. The number of aliphatic hydroxyl groups excluding tert-OH is 1. The summed E-state index contributed by atoms with van der Waals surface area (Å²) >= 11 is 0. The summed E-state index contributed by atoms with van der Waals surface area (Å²) in [6.07, 6.45) is 1.80. The second-order valence-electron chi connectivity index (χ2n) is 4.98. The van der Waals surface area contributed by atoms with Crippen molar-refractivity contribution in [3.8, 4) is 0 Å². The normalized spacial score (nSPS) is 12.9. The Balaban J connectivity index is 2.20. The summed E-state index contributed by atoms with van der Waals surface area (Å²) in [6.45, 7) is -0.0764. The van der Waals surface area contributed by atoms with Gasteiger partial charge in [-0.3, -0.25) is 0 Å². The number of hydrogen-bond donors (Lipinski definition) is 2. The van der Waals surface area contributed by atoms with Gasteiger partial charge >= 0.3 is 0 Å². The van der Waals surface area contributed by atoms with E-state index in [2.05, 4.69) is 5.32 Å². The topological polar surface area (TPSA) is 66.4 Å². The fourth-order valence-electron chi connectivity index (χ4n) is 2.19. The molecule has 5 heteroatoms. The maximum atomic E-state index is 11.8. The molecule has 0 aliphatic carbocycles. The second-order valence-corrected chi connectivity index (χ2v) is 6.97. The predicted molar refractivity (Wildman–Crippen MR) is 84.2 cm³/mol. The molecule has 0 aromatic heterocycles. The molecular formula is C16H19NO3S. The van der Waals surface area contributed by atoms with Crippen molar-refractivity contribution in [3.05, 3.63) is 60.2 Å². The summed E-state index contributed by atoms with van der Waals surface area (Å²) in [5.74, 6) is 0. The van der Waals surface area contributed by atoms with E-state index < -0.39 is 9.84 Å². The van der Waals surface area contributed by atoms with Crippen molar-refractivity contribution in [3.63, 3.8) is 0 Å². The van der Waals surface area contributed by atoms with Crippen LogP contribution in [-0.4, -0.2) is 32.4 Å². The molecule has 0 spiro atoms. The first kappa shape index (κ1) is 15.5. The zero-order valence-corrected chi connectivity index (χ0v) is 12.7. The molecule has 0 radical (unpaired) electrons. The first-order chi connectivity index (χ1) is 10.0. The van der Waals surface area contributed by atoms with E-state index in [0.717, 1.165) is 5.56 Å². The van der Waals surface area contributed by atoms with Crippen molar-refractivity contribution in [1.29, 1.82) is 0 Å². The number of rotatable bonds is 6. The van der Waals surface area contributed by atoms with Crippen molar-refractivity contribution in [2.45, 2.75) is 17.4 Å². The van der Waals surface area contributed by atoms with Crippen molar-refractivity contribution in [1.82, 2.24) is 0 Å². The molecule has 21 heavy (non-hydrogen) atoms. The Morgan fingerprint density at radius 2 is 1.67 bits per heavy atom. The van der Waals surface area contributed by atoms with Gasteiger partial charge in [0.25, 0.3) is 0 Å². The van der Waals surface area contributed by atoms with Crippen LogP contribution in [-0.2, 0) is 16.3 Å². The number of benzene rings is 2. The van der Waals surface area contributed by atoms with E-state index >= 15 is 0 Å². The van der Waals surface area contributed by atoms with Crippen LogP contribution in [0.3, 0.4) is 0 Å². The van der Waals surface area contributed by atoms with Crippen LogP contribution in [0.1, 0.15) is 5.56 Å². The Bertz CT molecular complexity index is 684. The largest absolute Gasteiger partial charge is 0.394 e. The van der Waals surface area contributed by atoms with Gasteiger partial charge < -0.3 is 10.4 Å². The molecule has 2 rings (SSSR count). The lowest BCUT2D eigenvalue weighted by atomic mass is 10.1. The van der Waals surface area contributed by atoms with Crippen LogP contribution in [0, 0.1) is 0 Å². The number of sulfone groups is 1. The molecule has 112 valence electrons. The molecule has 4 nitrogen and oxygen atoms in total. The van der Waals surface area contributed by atoms with Crippen LogP contribution in [0.25, 0.3) is 0 Å². The van der Waals surface area contributed by atoms with E-state index in [1.54, 1.807) is 24.3 Å². The van der Waals surface area contributed by atoms with Crippen LogP contribution in [0.5, 0.6) is 0 Å². The lowest BCUT2D eigenvalue weighted by molar-refractivity contribution is 0.273. The van der Waals surface area contributed by atoms with Gasteiger partial charge in [0.15, 0.2) is 9.84 Å². The number of anilines is 1. The summed E-state index contributed by atoms with van der Waals surface area (Å²) in [5, 5.41) is 12.7. The van der Waals surface area contributed by atoms with Crippen LogP contribution < -0.4 is 5.32 Å². The molecular weight excluding hydrogens is 286 g/mol. The quantitative estimate of drug-likeness (QED) is 0.858. The van der Waals surface area contributed by atoms with Gasteiger partial charge in [-0.2, -0.15) is 0 Å². The molecule has 1 atom stereocenters. The average Bonchev–Trinajstić information content (AvgIpc) is 2.47. The SMILES string of the molecule is CS(=O)(=O)c1ccccc1NC(CO)Cc1ccccc1. The minimum Gasteiger partial charge on any atom is -0.394 e. The van der Waals surface area contributed by atoms with E-state index in [9.17, 15) is 13.5 Å². The monoisotopic (exact) mass is 305 g/mol. The Labute approximate surface area is 125 Å². The minimum absolute atomic E-state index is 0.0764. The van der Waals surface area contributed by atoms with E-state index in [4.69, 9.17) is 0 Å². The highest BCUT2D eigenvalue weighted by atomic mass is 32.2. The van der Waals surface area contributed by atoms with Gasteiger partial charge in [-0.05, 0) is 24.1 Å². The maximum Gasteiger partial charge on any atom is 0.177 e. The van der Waals surface area contributed by atoms with Gasteiger partial charge in [-0.25, -0.2) is 8.42 Å². The number of aliphatic hydroxyl groups is 1. The highest BCUT2D eigenvalue weighted by Gasteiger charge is 2.15. The molecule has 0 aliphatic rings. The fraction of sp³-hybridized carbons (Fsp3) is 0.250. The van der Waals surface area contributed by atoms with Gasteiger partial charge in [-0.1, -0.05) is 42.5 Å². The summed E-state index contributed by atoms with van der Waals surface area (Å²) in [6, 6.07) is 16.3. The minimum atomic E-state index is -3.30. The third-order valence-electron chi connectivity index (χ3n) is 3.19. The molecule has 0 saturated carbocycles. The van der Waals surface area contributed by atoms with Gasteiger partial charge in [-0.15, -0.1) is 0 Å². The van der Waals surface area contributed by atoms with Crippen LogP contribution in [0.2, 0.25) is 0 Å². The smallest absolute Gasteiger partial charge is 0.177 e. The van der Waals surface area contributed by atoms with Crippen LogP contribution in [0.4, 0.5) is 5.69 Å². The molecule has 0 saturated heterocycles. The molecule has 0 fully saturated rings. The summed E-state index contributed by atoms with van der Waals surface area (Å²) in [4.78, 5) is 0.247. The Morgan fingerprint density at radius 1 is 1.05 bits per heavy atom. The summed E-state index contributed by atoms with van der Waals surface area (Å²) < 4.78 is 23.6. The van der Waals surface area contributed by atoms with Crippen molar-refractivity contribution >= 4 is 15.5 Å². The molecule has 0 heterocycles. The van der Waals surface area contributed by atoms with E-state index in [1.807, 2.05) is 30.3 Å². The Morgan fingerprint density at radius 3 is 2.29 bits per heavy atom. The fourth-order valence-corrected chi connectivity index (χ4v) is 3.04. The zero-order chi connectivity index (χ0) is 15.3. The zero-order valence-electron chi connectivity index (χ0n) is 11.9. The standard InChI is InChI=1S/C16H19NO3S/c1-21(19,20)16-10-6-5-9-15(16)17-14(12-18)11-13-7-3-2-4-8-13/h2-10,14,17-18H,11-12H2,1H3. The van der Waals surface area contributed by atoms with Crippen molar-refractivity contribution in [2.24, 2.45) is 0 Å². The maximum absolute atomic E-state index is 11.8. The van der Waals surface area contributed by atoms with Crippen molar-refractivity contribution < 1.29 is 13.5 Å². The molecule has 0 amide bonds. The summed E-state index contributed by atoms with van der Waals surface area (Å²) in [7, 11) is -3.30. The summed E-state index contributed by atoms with van der Waals surface area (Å²) in [5.41, 5.74) is 1.61. The first-order valence-corrected chi connectivity index (χ1v) is 8.60. The Hall–Kier alpha value is -1.85. The third-order valence-corrected chi connectivity index (χ3v) is 4.35. The second kappa shape index (κ2) is 6.74. The van der Waals surface area contributed by atoms with Gasteiger partial charge in [0.1, 0.15) is 0 Å².